The zero-order chi connectivity index (χ0) is 20.9. The van der Waals surface area contributed by atoms with Crippen molar-refractivity contribution in [3.05, 3.63) is 115 Å². The summed E-state index contributed by atoms with van der Waals surface area (Å²) >= 11 is 0. The molecule has 157 valence electrons. The first-order chi connectivity index (χ1) is 15.4. The van der Waals surface area contributed by atoms with Crippen molar-refractivity contribution in [2.45, 2.75) is 0 Å². The molecule has 0 spiro atoms. The molecule has 6 aromatic rings. The van der Waals surface area contributed by atoms with Crippen molar-refractivity contribution < 1.29 is 20.1 Å². The predicted octanol–water partition coefficient (Wildman–Crippen LogP) is 5.95. The van der Waals surface area contributed by atoms with E-state index in [2.05, 4.69) is 38.1 Å². The summed E-state index contributed by atoms with van der Waals surface area (Å²) in [5, 5.41) is 1.13. The summed E-state index contributed by atoms with van der Waals surface area (Å²) in [4.78, 5) is 17.9. The smallest absolute Gasteiger partial charge is 0.0709 e. The molecule has 0 bridgehead atoms. The fourth-order valence-corrected chi connectivity index (χ4v) is 3.29. The third-order valence-electron chi connectivity index (χ3n) is 4.81. The van der Waals surface area contributed by atoms with Gasteiger partial charge in [0.15, 0.2) is 0 Å². The quantitative estimate of drug-likeness (QED) is 0.234. The Morgan fingerprint density at radius 2 is 1.41 bits per heavy atom. The van der Waals surface area contributed by atoms with E-state index in [9.17, 15) is 0 Å². The van der Waals surface area contributed by atoms with E-state index in [4.69, 9.17) is 0 Å². The molecule has 0 unspecified atom stereocenters. The summed E-state index contributed by atoms with van der Waals surface area (Å²) < 4.78 is 0. The molecule has 1 radical (unpaired) electrons. The molecule has 0 saturated carbocycles. The van der Waals surface area contributed by atoms with Crippen LogP contribution in [0.4, 0.5) is 0 Å². The normalized spacial score (nSPS) is 10.2. The molecule has 32 heavy (non-hydrogen) atoms. The Morgan fingerprint density at radius 1 is 0.625 bits per heavy atom. The first-order valence-corrected chi connectivity index (χ1v) is 10.0. The molecule has 0 saturated heterocycles. The number of benzene rings is 3. The van der Waals surface area contributed by atoms with Crippen LogP contribution in [0.2, 0.25) is 0 Å². The minimum absolute atomic E-state index is 0. The fourth-order valence-electron chi connectivity index (χ4n) is 3.29. The van der Waals surface area contributed by atoms with E-state index in [0.29, 0.717) is 5.82 Å². The molecule has 3 aromatic carbocycles. The number of nitrogens with zero attached hydrogens (tertiary/aromatic N) is 4. The average molecular weight is 591 g/mol. The number of para-hydroxylation sites is 3. The van der Waals surface area contributed by atoms with Gasteiger partial charge >= 0.3 is 0 Å². The summed E-state index contributed by atoms with van der Waals surface area (Å²) in [6.07, 6.45) is 1.79. The van der Waals surface area contributed by atoms with Crippen LogP contribution < -0.4 is 4.98 Å². The van der Waals surface area contributed by atoms with Crippen molar-refractivity contribution in [1.29, 1.82) is 0 Å². The van der Waals surface area contributed by atoms with Crippen molar-refractivity contribution in [2.24, 2.45) is 0 Å². The molecule has 3 aromatic heterocycles. The Labute approximate surface area is 199 Å². The van der Waals surface area contributed by atoms with Gasteiger partial charge < -0.3 is 15.0 Å². The largest absolute Gasteiger partial charge is 0.434 e. The van der Waals surface area contributed by atoms with E-state index in [1.807, 2.05) is 91.0 Å². The molecule has 0 amide bonds. The SMILES string of the molecule is [Ir].[c-]1ccccc1-c1ccccn1.c1ccc2nc(-c3nc4ccccc4[n-]3)ccc2c1. The van der Waals surface area contributed by atoms with Gasteiger partial charge in [-0.15, -0.1) is 35.9 Å². The standard InChI is InChI=1S/C16H10N3.C11H8N.Ir/c1-2-6-12-11(5-1)9-10-15(17-12)16-18-13-7-3-4-8-14(13)19-16;1-2-6-10(7-3-1)11-8-4-5-9-12-11;/h1-10H;1-6,8-9H;/q2*-1;. The van der Waals surface area contributed by atoms with E-state index in [1.54, 1.807) is 6.20 Å². The van der Waals surface area contributed by atoms with Gasteiger partial charge in [-0.2, -0.15) is 0 Å². The number of rotatable bonds is 2. The Hall–Kier alpha value is -3.66. The van der Waals surface area contributed by atoms with Crippen LogP contribution in [0.3, 0.4) is 0 Å². The van der Waals surface area contributed by atoms with Crippen LogP contribution in [0.1, 0.15) is 0 Å². The van der Waals surface area contributed by atoms with Gasteiger partial charge in [0.25, 0.3) is 0 Å². The maximum atomic E-state index is 4.62. The first-order valence-electron chi connectivity index (χ1n) is 10.0. The van der Waals surface area contributed by atoms with Crippen LogP contribution in [0.25, 0.3) is 44.7 Å². The second-order valence-electron chi connectivity index (χ2n) is 6.92. The molecule has 4 nitrogen and oxygen atoms in total. The van der Waals surface area contributed by atoms with E-state index in [-0.39, 0.29) is 20.1 Å². The van der Waals surface area contributed by atoms with Crippen molar-refractivity contribution in [2.75, 3.05) is 0 Å². The van der Waals surface area contributed by atoms with Gasteiger partial charge in [0.2, 0.25) is 0 Å². The van der Waals surface area contributed by atoms with Crippen molar-refractivity contribution in [3.63, 3.8) is 0 Å². The maximum Gasteiger partial charge on any atom is 0.0709 e. The molecule has 3 heterocycles. The molecule has 5 heteroatoms. The summed E-state index contributed by atoms with van der Waals surface area (Å²) in [6, 6.07) is 36.8. The maximum absolute atomic E-state index is 4.62. The Bertz CT molecular complexity index is 1360. The van der Waals surface area contributed by atoms with Gasteiger partial charge in [0.05, 0.1) is 11.2 Å². The average Bonchev–Trinajstić information content (AvgIpc) is 3.30. The van der Waals surface area contributed by atoms with Crippen LogP contribution in [0.15, 0.2) is 109 Å². The van der Waals surface area contributed by atoms with Gasteiger partial charge in [0, 0.05) is 31.7 Å². The monoisotopic (exact) mass is 591 g/mol. The van der Waals surface area contributed by atoms with Crippen LogP contribution in [0, 0.1) is 6.07 Å². The van der Waals surface area contributed by atoms with Crippen molar-refractivity contribution >= 4 is 21.9 Å². The number of pyridine rings is 2. The van der Waals surface area contributed by atoms with E-state index in [1.165, 1.54) is 0 Å². The van der Waals surface area contributed by atoms with E-state index in [0.717, 1.165) is 38.9 Å². The van der Waals surface area contributed by atoms with Crippen LogP contribution >= 0.6 is 0 Å². The van der Waals surface area contributed by atoms with E-state index >= 15 is 0 Å². The van der Waals surface area contributed by atoms with Gasteiger partial charge in [0.1, 0.15) is 0 Å². The number of aromatic nitrogens is 4. The van der Waals surface area contributed by atoms with Crippen LogP contribution in [0.5, 0.6) is 0 Å². The zero-order valence-electron chi connectivity index (χ0n) is 17.0. The Balaban J connectivity index is 0.000000164. The Morgan fingerprint density at radius 3 is 2.19 bits per heavy atom. The summed E-state index contributed by atoms with van der Waals surface area (Å²) in [6.45, 7) is 0. The molecule has 6 rings (SSSR count). The number of imidazole rings is 1. The van der Waals surface area contributed by atoms with Crippen molar-refractivity contribution in [1.82, 2.24) is 19.9 Å². The summed E-state index contributed by atoms with van der Waals surface area (Å²) in [5.74, 6) is 0.687. The minimum Gasteiger partial charge on any atom is -0.434 e. The topological polar surface area (TPSA) is 52.8 Å². The number of hydrogen-bond donors (Lipinski definition) is 0. The first kappa shape index (κ1) is 21.6. The molecule has 0 atom stereocenters. The van der Waals surface area contributed by atoms with E-state index < -0.39 is 0 Å². The van der Waals surface area contributed by atoms with Gasteiger partial charge in [-0.25, -0.2) is 4.98 Å². The Kier molecular flexibility index (Phi) is 6.81. The molecule has 0 aliphatic heterocycles. The second kappa shape index (κ2) is 10.1. The molecule has 0 N–H and O–H groups in total. The van der Waals surface area contributed by atoms with Crippen molar-refractivity contribution in [3.8, 4) is 22.8 Å². The third-order valence-corrected chi connectivity index (χ3v) is 4.81. The molecule has 0 aliphatic rings. The molecule has 0 fully saturated rings. The molecular formula is C27H18IrN4-2. The second-order valence-corrected chi connectivity index (χ2v) is 6.92. The number of fused-ring (bicyclic) bond motifs is 2. The predicted molar refractivity (Wildman–Crippen MR) is 124 cm³/mol. The summed E-state index contributed by atoms with van der Waals surface area (Å²) in [5.41, 5.74) is 5.61. The van der Waals surface area contributed by atoms with Crippen LogP contribution in [-0.4, -0.2) is 15.0 Å². The third kappa shape index (κ3) is 4.80. The fraction of sp³-hybridized carbons (Fsp3) is 0. The molecular weight excluding hydrogens is 573 g/mol. The molecule has 0 aliphatic carbocycles. The summed E-state index contributed by atoms with van der Waals surface area (Å²) in [7, 11) is 0. The van der Waals surface area contributed by atoms with Gasteiger partial charge in [-0.05, 0) is 40.8 Å². The van der Waals surface area contributed by atoms with Gasteiger partial charge in [-0.1, -0.05) is 60.7 Å². The number of hydrogen-bond acceptors (Lipinski definition) is 3. The van der Waals surface area contributed by atoms with Crippen LogP contribution in [-0.2, 0) is 20.1 Å². The van der Waals surface area contributed by atoms with Gasteiger partial charge in [-0.3, -0.25) is 0 Å². The zero-order valence-corrected chi connectivity index (χ0v) is 19.4. The minimum atomic E-state index is 0.